The number of phenols is 2. The lowest BCUT2D eigenvalue weighted by Gasteiger charge is -2.11. The SMILES string of the molecule is CN(C)c1ccc(O)cc1.CN(C)c1cccc(O)c1. The average Bonchev–Trinajstić information content (AvgIpc) is 2.40. The summed E-state index contributed by atoms with van der Waals surface area (Å²) in [6, 6.07) is 14.2. The molecule has 0 saturated carbocycles. The smallest absolute Gasteiger partial charge is 0.117 e. The molecule has 2 N–H and O–H groups in total. The van der Waals surface area contributed by atoms with E-state index in [0.29, 0.717) is 11.5 Å². The zero-order valence-electron chi connectivity index (χ0n) is 12.4. The van der Waals surface area contributed by atoms with Crippen molar-refractivity contribution >= 4 is 11.4 Å². The van der Waals surface area contributed by atoms with Crippen LogP contribution in [-0.2, 0) is 0 Å². The van der Waals surface area contributed by atoms with Crippen LogP contribution in [0, 0.1) is 0 Å². The molecular weight excluding hydrogens is 252 g/mol. The van der Waals surface area contributed by atoms with Crippen molar-refractivity contribution in [2.45, 2.75) is 0 Å². The summed E-state index contributed by atoms with van der Waals surface area (Å²) in [5.74, 6) is 0.622. The topological polar surface area (TPSA) is 46.9 Å². The maximum Gasteiger partial charge on any atom is 0.117 e. The molecule has 0 aliphatic carbocycles. The van der Waals surface area contributed by atoms with Gasteiger partial charge in [-0.05, 0) is 36.4 Å². The third kappa shape index (κ3) is 5.10. The second-order valence-corrected chi connectivity index (χ2v) is 4.83. The van der Waals surface area contributed by atoms with Crippen molar-refractivity contribution in [2.24, 2.45) is 0 Å². The summed E-state index contributed by atoms with van der Waals surface area (Å²) < 4.78 is 0. The number of hydrogen-bond acceptors (Lipinski definition) is 4. The van der Waals surface area contributed by atoms with E-state index in [0.717, 1.165) is 11.4 Å². The molecule has 2 aromatic rings. The van der Waals surface area contributed by atoms with Gasteiger partial charge in [0, 0.05) is 45.6 Å². The van der Waals surface area contributed by atoms with Crippen molar-refractivity contribution in [1.29, 1.82) is 0 Å². The molecule has 0 atom stereocenters. The molecule has 20 heavy (non-hydrogen) atoms. The number of phenolic OH excluding ortho intramolecular Hbond substituents is 2. The van der Waals surface area contributed by atoms with E-state index >= 15 is 0 Å². The standard InChI is InChI=1S/2C8H11NO/c1-9(2)7-3-5-8(10)6-4-7;1-9(2)7-4-3-5-8(10)6-7/h2*3-6,10H,1-2H3. The van der Waals surface area contributed by atoms with Gasteiger partial charge in [0.15, 0.2) is 0 Å². The van der Waals surface area contributed by atoms with E-state index in [9.17, 15) is 0 Å². The van der Waals surface area contributed by atoms with Crippen molar-refractivity contribution < 1.29 is 10.2 Å². The maximum atomic E-state index is 9.04. The summed E-state index contributed by atoms with van der Waals surface area (Å²) in [5.41, 5.74) is 2.11. The van der Waals surface area contributed by atoms with Crippen molar-refractivity contribution in [3.8, 4) is 11.5 Å². The highest BCUT2D eigenvalue weighted by Gasteiger charge is 1.93. The summed E-state index contributed by atoms with van der Waals surface area (Å²) in [4.78, 5) is 3.93. The van der Waals surface area contributed by atoms with Gasteiger partial charge in [-0.1, -0.05) is 6.07 Å². The van der Waals surface area contributed by atoms with E-state index in [1.807, 2.05) is 62.3 Å². The third-order valence-corrected chi connectivity index (χ3v) is 2.71. The number of anilines is 2. The average molecular weight is 274 g/mol. The number of hydrogen-bond donors (Lipinski definition) is 2. The Balaban J connectivity index is 0.000000200. The largest absolute Gasteiger partial charge is 0.508 e. The second kappa shape index (κ2) is 7.28. The Morgan fingerprint density at radius 3 is 1.60 bits per heavy atom. The lowest BCUT2D eigenvalue weighted by Crippen LogP contribution is -2.07. The van der Waals surface area contributed by atoms with Crippen LogP contribution in [0.25, 0.3) is 0 Å². The maximum absolute atomic E-state index is 9.04. The molecule has 0 bridgehead atoms. The van der Waals surface area contributed by atoms with Gasteiger partial charge in [0.1, 0.15) is 11.5 Å². The summed E-state index contributed by atoms with van der Waals surface area (Å²) in [6.07, 6.45) is 0. The van der Waals surface area contributed by atoms with Gasteiger partial charge in [0.05, 0.1) is 0 Å². The predicted octanol–water partition coefficient (Wildman–Crippen LogP) is 2.92. The Morgan fingerprint density at radius 2 is 1.20 bits per heavy atom. The summed E-state index contributed by atoms with van der Waals surface area (Å²) in [6.45, 7) is 0. The molecule has 0 spiro atoms. The summed E-state index contributed by atoms with van der Waals surface area (Å²) >= 11 is 0. The zero-order chi connectivity index (χ0) is 15.1. The molecule has 0 aliphatic heterocycles. The molecule has 4 nitrogen and oxygen atoms in total. The van der Waals surface area contributed by atoms with Crippen LogP contribution in [0.5, 0.6) is 11.5 Å². The van der Waals surface area contributed by atoms with E-state index in [1.165, 1.54) is 0 Å². The molecule has 0 amide bonds. The Bertz CT molecular complexity index is 522. The van der Waals surface area contributed by atoms with Crippen LogP contribution < -0.4 is 9.80 Å². The highest BCUT2D eigenvalue weighted by molar-refractivity contribution is 5.49. The normalized spacial score (nSPS) is 9.40. The molecule has 0 aliphatic rings. The first-order chi connectivity index (χ1) is 9.40. The fourth-order valence-electron chi connectivity index (χ4n) is 1.52. The molecule has 0 unspecified atom stereocenters. The zero-order valence-corrected chi connectivity index (χ0v) is 12.4. The summed E-state index contributed by atoms with van der Waals surface area (Å²) in [7, 11) is 7.81. The Morgan fingerprint density at radius 1 is 0.650 bits per heavy atom. The van der Waals surface area contributed by atoms with Crippen LogP contribution >= 0.6 is 0 Å². The van der Waals surface area contributed by atoms with Crippen LogP contribution in [0.15, 0.2) is 48.5 Å². The van der Waals surface area contributed by atoms with Gasteiger partial charge in [0.25, 0.3) is 0 Å². The minimum Gasteiger partial charge on any atom is -0.508 e. The van der Waals surface area contributed by atoms with Gasteiger partial charge in [-0.2, -0.15) is 0 Å². The van der Waals surface area contributed by atoms with Gasteiger partial charge >= 0.3 is 0 Å². The van der Waals surface area contributed by atoms with Gasteiger partial charge in [-0.25, -0.2) is 0 Å². The number of rotatable bonds is 2. The highest BCUT2D eigenvalue weighted by Crippen LogP contribution is 2.17. The second-order valence-electron chi connectivity index (χ2n) is 4.83. The van der Waals surface area contributed by atoms with E-state index < -0.39 is 0 Å². The molecule has 4 heteroatoms. The molecule has 0 heterocycles. The Labute approximate surface area is 120 Å². The van der Waals surface area contributed by atoms with Gasteiger partial charge in [-0.15, -0.1) is 0 Å². The Hall–Kier alpha value is -2.36. The molecule has 2 aromatic carbocycles. The summed E-state index contributed by atoms with van der Waals surface area (Å²) in [5, 5.41) is 18.0. The number of aromatic hydroxyl groups is 2. The van der Waals surface area contributed by atoms with Crippen LogP contribution in [0.3, 0.4) is 0 Å². The minimum absolute atomic E-state index is 0.311. The van der Waals surface area contributed by atoms with E-state index in [-0.39, 0.29) is 0 Å². The fourth-order valence-corrected chi connectivity index (χ4v) is 1.52. The van der Waals surface area contributed by atoms with Crippen molar-refractivity contribution in [1.82, 2.24) is 0 Å². The predicted molar refractivity (Wildman–Crippen MR) is 84.9 cm³/mol. The first kappa shape index (κ1) is 15.7. The highest BCUT2D eigenvalue weighted by atomic mass is 16.3. The number of benzene rings is 2. The number of nitrogens with zero attached hydrogens (tertiary/aromatic N) is 2. The van der Waals surface area contributed by atoms with Gasteiger partial charge in [-0.3, -0.25) is 0 Å². The first-order valence-electron chi connectivity index (χ1n) is 6.33. The lowest BCUT2D eigenvalue weighted by atomic mass is 10.3. The molecule has 108 valence electrons. The fraction of sp³-hybridized carbons (Fsp3) is 0.250. The van der Waals surface area contributed by atoms with Gasteiger partial charge < -0.3 is 20.0 Å². The van der Waals surface area contributed by atoms with Crippen LogP contribution in [0.4, 0.5) is 11.4 Å². The lowest BCUT2D eigenvalue weighted by molar-refractivity contribution is 0.475. The monoisotopic (exact) mass is 274 g/mol. The minimum atomic E-state index is 0.311. The quantitative estimate of drug-likeness (QED) is 0.884. The molecule has 0 saturated heterocycles. The van der Waals surface area contributed by atoms with Crippen LogP contribution in [0.1, 0.15) is 0 Å². The molecule has 0 radical (unpaired) electrons. The Kier molecular flexibility index (Phi) is 5.72. The third-order valence-electron chi connectivity index (χ3n) is 2.71. The van der Waals surface area contributed by atoms with E-state index in [1.54, 1.807) is 24.3 Å². The van der Waals surface area contributed by atoms with Crippen LogP contribution in [0.2, 0.25) is 0 Å². The first-order valence-corrected chi connectivity index (χ1v) is 6.33. The van der Waals surface area contributed by atoms with Crippen molar-refractivity contribution in [3.05, 3.63) is 48.5 Å². The van der Waals surface area contributed by atoms with E-state index in [2.05, 4.69) is 0 Å². The molecule has 0 fully saturated rings. The van der Waals surface area contributed by atoms with Crippen molar-refractivity contribution in [2.75, 3.05) is 38.0 Å². The van der Waals surface area contributed by atoms with Crippen molar-refractivity contribution in [3.63, 3.8) is 0 Å². The molecular formula is C16H22N2O2. The van der Waals surface area contributed by atoms with Gasteiger partial charge in [0.2, 0.25) is 0 Å². The molecule has 0 aromatic heterocycles. The van der Waals surface area contributed by atoms with Crippen LogP contribution in [-0.4, -0.2) is 38.4 Å². The van der Waals surface area contributed by atoms with E-state index in [4.69, 9.17) is 10.2 Å². The molecule has 2 rings (SSSR count).